The van der Waals surface area contributed by atoms with E-state index in [9.17, 15) is 19.4 Å². The lowest BCUT2D eigenvalue weighted by atomic mass is 10.0. The Morgan fingerprint density at radius 3 is 1.33 bits per heavy atom. The topological polar surface area (TPSA) is 105 Å². The second-order valence-electron chi connectivity index (χ2n) is 18.9. The molecular formula is C57H102N2O6P+. The third-order valence-corrected chi connectivity index (χ3v) is 12.3. The van der Waals surface area contributed by atoms with Crippen molar-refractivity contribution in [2.24, 2.45) is 0 Å². The van der Waals surface area contributed by atoms with E-state index in [4.69, 9.17) is 9.05 Å². The standard InChI is InChI=1S/C57H101N2O6P/c1-6-8-10-12-14-16-18-20-21-22-23-24-25-26-27-28-29-30-31-32-33-34-35-36-37-39-41-43-45-47-49-51-57(61)58-55(54-65-66(62,63)64-53-52-59(3,4)5)56(60)50-48-46-44-42-40-38-19-17-15-13-11-9-7-2/h8,10,14,16,20-21,23-24,26-27,29-30,32-33,48,50,55-56,60H,6-7,9,11-13,15,17-19,22,25,28,31,34-47,49,51-54H2,1-5H3,(H-,58,61,62,63)/p+1/b10-8-,16-14-,21-20-,24-23-,27-26-,30-29-,33-32-,50-48+. The van der Waals surface area contributed by atoms with E-state index >= 15 is 0 Å². The van der Waals surface area contributed by atoms with Gasteiger partial charge in [0.15, 0.2) is 0 Å². The number of amides is 1. The van der Waals surface area contributed by atoms with Gasteiger partial charge in [-0.3, -0.25) is 13.8 Å². The normalized spacial score (nSPS) is 14.8. The van der Waals surface area contributed by atoms with Crippen molar-refractivity contribution in [3.63, 3.8) is 0 Å². The summed E-state index contributed by atoms with van der Waals surface area (Å²) in [7, 11) is 1.55. The highest BCUT2D eigenvalue weighted by Crippen LogP contribution is 2.43. The van der Waals surface area contributed by atoms with E-state index in [1.54, 1.807) is 6.08 Å². The van der Waals surface area contributed by atoms with E-state index in [0.29, 0.717) is 17.4 Å². The highest BCUT2D eigenvalue weighted by atomic mass is 31.2. The molecule has 3 atom stereocenters. The highest BCUT2D eigenvalue weighted by Gasteiger charge is 2.27. The summed E-state index contributed by atoms with van der Waals surface area (Å²) in [4.78, 5) is 23.2. The van der Waals surface area contributed by atoms with E-state index in [-0.39, 0.29) is 19.1 Å². The van der Waals surface area contributed by atoms with Gasteiger partial charge in [0.05, 0.1) is 39.9 Å². The van der Waals surface area contributed by atoms with Crippen LogP contribution in [0.2, 0.25) is 0 Å². The molecule has 0 aromatic heterocycles. The number of likely N-dealkylation sites (N-methyl/N-ethyl adjacent to an activating group) is 1. The Bertz CT molecular complexity index is 1390. The molecular weight excluding hydrogens is 840 g/mol. The molecule has 0 fully saturated rings. The lowest BCUT2D eigenvalue weighted by molar-refractivity contribution is -0.870. The number of carbonyl (C=O) groups is 1. The minimum absolute atomic E-state index is 0.0557. The first-order valence-corrected chi connectivity index (χ1v) is 28.1. The summed E-state index contributed by atoms with van der Waals surface area (Å²) in [5.74, 6) is -0.188. The number of carbonyl (C=O) groups excluding carboxylic acids is 1. The molecule has 0 aliphatic heterocycles. The number of hydrogen-bond acceptors (Lipinski definition) is 5. The van der Waals surface area contributed by atoms with E-state index in [1.165, 1.54) is 96.3 Å². The molecule has 8 nitrogen and oxygen atoms in total. The number of aliphatic hydroxyl groups is 1. The number of quaternary nitrogens is 1. The summed E-state index contributed by atoms with van der Waals surface area (Å²) in [6, 6.07) is -0.855. The SMILES string of the molecule is CC/C=C\C/C=C\C/C=C\C/C=C\C/C=C\C/C=C\C/C=C\CCCCCCCCCCCC(=O)NC(COP(=O)(O)OCC[N+](C)(C)C)C(O)/C=C/CCCCCCCCCCCCC. The largest absolute Gasteiger partial charge is 0.472 e. The number of nitrogens with zero attached hydrogens (tertiary/aromatic N) is 1. The van der Waals surface area contributed by atoms with Gasteiger partial charge in [0.2, 0.25) is 5.91 Å². The van der Waals surface area contributed by atoms with E-state index < -0.39 is 20.0 Å². The summed E-state index contributed by atoms with van der Waals surface area (Å²) in [5, 5.41) is 13.9. The Morgan fingerprint density at radius 2 is 0.909 bits per heavy atom. The number of rotatable bonds is 47. The van der Waals surface area contributed by atoms with Gasteiger partial charge in [0.25, 0.3) is 0 Å². The van der Waals surface area contributed by atoms with Crippen LogP contribution in [0, 0.1) is 0 Å². The van der Waals surface area contributed by atoms with Crippen molar-refractivity contribution in [3.8, 4) is 0 Å². The van der Waals surface area contributed by atoms with Gasteiger partial charge in [-0.25, -0.2) is 4.57 Å². The number of phosphoric ester groups is 1. The molecule has 0 bridgehead atoms. The van der Waals surface area contributed by atoms with Crippen molar-refractivity contribution >= 4 is 13.7 Å². The highest BCUT2D eigenvalue weighted by molar-refractivity contribution is 7.47. The Morgan fingerprint density at radius 1 is 0.530 bits per heavy atom. The average Bonchev–Trinajstić information content (AvgIpc) is 3.28. The summed E-state index contributed by atoms with van der Waals surface area (Å²) in [6.07, 6.45) is 67.8. The minimum Gasteiger partial charge on any atom is -0.387 e. The van der Waals surface area contributed by atoms with Gasteiger partial charge in [0.1, 0.15) is 13.2 Å². The molecule has 3 unspecified atom stereocenters. The second kappa shape index (κ2) is 47.5. The molecule has 66 heavy (non-hydrogen) atoms. The predicted molar refractivity (Wildman–Crippen MR) is 286 cm³/mol. The molecule has 0 aromatic carbocycles. The number of phosphoric acid groups is 1. The van der Waals surface area contributed by atoms with Gasteiger partial charge < -0.3 is 19.8 Å². The number of nitrogens with one attached hydrogen (secondary N) is 1. The Kier molecular flexibility index (Phi) is 45.6. The van der Waals surface area contributed by atoms with Gasteiger partial charge in [-0.05, 0) is 77.0 Å². The molecule has 3 N–H and O–H groups in total. The van der Waals surface area contributed by atoms with Crippen LogP contribution in [0.15, 0.2) is 97.2 Å². The van der Waals surface area contributed by atoms with Crippen LogP contribution >= 0.6 is 7.82 Å². The first-order valence-electron chi connectivity index (χ1n) is 26.6. The second-order valence-corrected chi connectivity index (χ2v) is 20.3. The van der Waals surface area contributed by atoms with Gasteiger partial charge >= 0.3 is 7.82 Å². The van der Waals surface area contributed by atoms with Crippen LogP contribution in [0.5, 0.6) is 0 Å². The Balaban J connectivity index is 4.21. The van der Waals surface area contributed by atoms with Crippen LogP contribution in [0.25, 0.3) is 0 Å². The maximum absolute atomic E-state index is 12.9. The fourth-order valence-electron chi connectivity index (χ4n) is 7.14. The lowest BCUT2D eigenvalue weighted by Crippen LogP contribution is -2.45. The molecule has 0 aromatic rings. The number of hydrogen-bond donors (Lipinski definition) is 3. The van der Waals surface area contributed by atoms with Crippen LogP contribution in [0.3, 0.4) is 0 Å². The molecule has 0 heterocycles. The molecule has 0 aliphatic carbocycles. The Hall–Kier alpha value is -2.58. The van der Waals surface area contributed by atoms with Gasteiger partial charge in [-0.15, -0.1) is 0 Å². The third kappa shape index (κ3) is 49.3. The zero-order chi connectivity index (χ0) is 48.5. The van der Waals surface area contributed by atoms with Crippen LogP contribution in [0.1, 0.15) is 206 Å². The van der Waals surface area contributed by atoms with Crippen LogP contribution in [-0.4, -0.2) is 73.4 Å². The van der Waals surface area contributed by atoms with Gasteiger partial charge in [0, 0.05) is 6.42 Å². The molecule has 0 rings (SSSR count). The fraction of sp³-hybridized carbons (Fsp3) is 0.702. The zero-order valence-corrected chi connectivity index (χ0v) is 44.0. The van der Waals surface area contributed by atoms with E-state index in [2.05, 4.69) is 104 Å². The van der Waals surface area contributed by atoms with E-state index in [1.807, 2.05) is 27.2 Å². The third-order valence-electron chi connectivity index (χ3n) is 11.3. The fourth-order valence-corrected chi connectivity index (χ4v) is 7.87. The molecule has 0 radical (unpaired) electrons. The summed E-state index contributed by atoms with van der Waals surface area (Å²) >= 11 is 0. The molecule has 1 amide bonds. The monoisotopic (exact) mass is 942 g/mol. The van der Waals surface area contributed by atoms with Crippen molar-refractivity contribution in [2.45, 2.75) is 219 Å². The Labute approximate surface area is 407 Å². The van der Waals surface area contributed by atoms with Crippen LogP contribution < -0.4 is 5.32 Å². The van der Waals surface area contributed by atoms with Crippen molar-refractivity contribution in [2.75, 3.05) is 40.9 Å². The molecule has 0 aliphatic rings. The van der Waals surface area contributed by atoms with Crippen molar-refractivity contribution in [1.82, 2.24) is 5.32 Å². The summed E-state index contributed by atoms with van der Waals surface area (Å²) in [6.45, 7) is 4.68. The van der Waals surface area contributed by atoms with Crippen molar-refractivity contribution in [3.05, 3.63) is 97.2 Å². The molecule has 9 heteroatoms. The van der Waals surface area contributed by atoms with Crippen molar-refractivity contribution in [1.29, 1.82) is 0 Å². The maximum Gasteiger partial charge on any atom is 0.472 e. The van der Waals surface area contributed by atoms with Gasteiger partial charge in [-0.2, -0.15) is 0 Å². The van der Waals surface area contributed by atoms with E-state index in [0.717, 1.165) is 89.9 Å². The summed E-state index contributed by atoms with van der Waals surface area (Å²) < 4.78 is 23.6. The molecule has 0 saturated heterocycles. The number of unbranched alkanes of at least 4 members (excludes halogenated alkanes) is 20. The minimum atomic E-state index is -4.35. The predicted octanol–water partition coefficient (Wildman–Crippen LogP) is 15.9. The van der Waals surface area contributed by atoms with Crippen LogP contribution in [0.4, 0.5) is 0 Å². The lowest BCUT2D eigenvalue weighted by Gasteiger charge is -2.25. The smallest absolute Gasteiger partial charge is 0.387 e. The van der Waals surface area contributed by atoms with Crippen molar-refractivity contribution < 1.29 is 32.9 Å². The molecule has 0 saturated carbocycles. The zero-order valence-electron chi connectivity index (χ0n) is 43.1. The quantitative estimate of drug-likeness (QED) is 0.0243. The maximum atomic E-state index is 12.9. The first-order chi connectivity index (χ1) is 32.0. The number of aliphatic hydroxyl groups excluding tert-OH is 1. The first kappa shape index (κ1) is 63.4. The molecule has 0 spiro atoms. The van der Waals surface area contributed by atoms with Gasteiger partial charge in [-0.1, -0.05) is 220 Å². The molecule has 380 valence electrons. The number of allylic oxidation sites excluding steroid dienone is 15. The average molecular weight is 942 g/mol. The summed E-state index contributed by atoms with van der Waals surface area (Å²) in [5.41, 5.74) is 0. The van der Waals surface area contributed by atoms with Crippen LogP contribution in [-0.2, 0) is 18.4 Å².